The Morgan fingerprint density at radius 3 is 2.52 bits per heavy atom. The van der Waals surface area contributed by atoms with Crippen LogP contribution in [-0.4, -0.2) is 52.5 Å². The van der Waals surface area contributed by atoms with Crippen LogP contribution in [0.2, 0.25) is 0 Å². The number of unbranched alkanes of at least 4 members (excludes halogenated alkanes) is 1. The average Bonchev–Trinajstić information content (AvgIpc) is 2.97. The molecule has 1 fully saturated rings. The number of nitrogens with zero attached hydrogens (tertiary/aromatic N) is 2. The number of hydrogen-bond acceptors (Lipinski definition) is 5. The molecule has 1 heterocycles. The number of hydrogen-bond donors (Lipinski definition) is 1. The average molecular weight is 448 g/mol. The van der Waals surface area contributed by atoms with Gasteiger partial charge in [-0.3, -0.25) is 4.79 Å². The lowest BCUT2D eigenvalue weighted by molar-refractivity contribution is -0.116. The maximum atomic E-state index is 13.3. The normalized spacial score (nSPS) is 15.5. The largest absolute Gasteiger partial charge is 0.370 e. The van der Waals surface area contributed by atoms with Gasteiger partial charge < -0.3 is 15.1 Å². The second-order valence-corrected chi connectivity index (χ2v) is 9.85. The summed E-state index contributed by atoms with van der Waals surface area (Å²) in [4.78, 5) is 16.9. The first kappa shape index (κ1) is 23.2. The molecule has 6 nitrogen and oxygen atoms in total. The Labute approximate surface area is 184 Å². The molecule has 0 aliphatic carbocycles. The molecule has 1 saturated heterocycles. The van der Waals surface area contributed by atoms with Gasteiger partial charge in [0.1, 0.15) is 5.82 Å². The summed E-state index contributed by atoms with van der Waals surface area (Å²) in [6.45, 7) is 5.60. The second kappa shape index (κ2) is 10.2. The van der Waals surface area contributed by atoms with Crippen molar-refractivity contribution in [3.8, 4) is 0 Å². The predicted molar refractivity (Wildman–Crippen MR) is 121 cm³/mol. The summed E-state index contributed by atoms with van der Waals surface area (Å²) in [7, 11) is -1.84. The fourth-order valence-corrected chi connectivity index (χ4v) is 5.04. The van der Waals surface area contributed by atoms with E-state index < -0.39 is 15.7 Å². The lowest BCUT2D eigenvalue weighted by atomic mass is 10.2. The van der Waals surface area contributed by atoms with Crippen molar-refractivity contribution in [3.05, 3.63) is 48.3 Å². The molecule has 0 atom stereocenters. The van der Waals surface area contributed by atoms with Gasteiger partial charge in [0.2, 0.25) is 15.7 Å². The smallest absolute Gasteiger partial charge is 0.224 e. The molecule has 168 valence electrons. The maximum Gasteiger partial charge on any atom is 0.224 e. The van der Waals surface area contributed by atoms with E-state index in [1.165, 1.54) is 18.2 Å². The number of sulfone groups is 1. The molecule has 1 N–H and O–H groups in total. The second-order valence-electron chi connectivity index (χ2n) is 7.93. The van der Waals surface area contributed by atoms with Gasteiger partial charge in [0.05, 0.1) is 15.5 Å². The van der Waals surface area contributed by atoms with Crippen LogP contribution in [0, 0.1) is 5.82 Å². The topological polar surface area (TPSA) is 69.7 Å². The minimum absolute atomic E-state index is 0.0119. The maximum absolute atomic E-state index is 13.3. The fraction of sp³-hybridized carbons (Fsp3) is 0.435. The molecule has 1 aliphatic heterocycles. The third kappa shape index (κ3) is 5.83. The Balaban J connectivity index is 1.99. The number of benzene rings is 2. The molecule has 0 radical (unpaired) electrons. The zero-order valence-corrected chi connectivity index (χ0v) is 18.9. The van der Waals surface area contributed by atoms with Crippen molar-refractivity contribution in [2.75, 3.05) is 43.4 Å². The molecule has 0 bridgehead atoms. The number of amides is 1. The van der Waals surface area contributed by atoms with E-state index in [1.807, 2.05) is 6.92 Å². The highest BCUT2D eigenvalue weighted by atomic mass is 32.2. The van der Waals surface area contributed by atoms with Crippen LogP contribution in [0.1, 0.15) is 32.6 Å². The number of halogens is 1. The first-order valence-corrected chi connectivity index (χ1v) is 12.2. The lowest BCUT2D eigenvalue weighted by Crippen LogP contribution is -2.29. The zero-order valence-electron chi connectivity index (χ0n) is 18.1. The number of anilines is 2. The van der Waals surface area contributed by atoms with E-state index >= 15 is 0 Å². The van der Waals surface area contributed by atoms with Crippen LogP contribution < -0.4 is 10.2 Å². The van der Waals surface area contributed by atoms with Crippen LogP contribution in [0.5, 0.6) is 0 Å². The zero-order chi connectivity index (χ0) is 22.4. The van der Waals surface area contributed by atoms with E-state index in [1.54, 1.807) is 12.1 Å². The van der Waals surface area contributed by atoms with Gasteiger partial charge >= 0.3 is 0 Å². The molecule has 0 saturated carbocycles. The number of carbonyl (C=O) groups is 1. The van der Waals surface area contributed by atoms with Crippen molar-refractivity contribution in [3.63, 3.8) is 0 Å². The highest BCUT2D eigenvalue weighted by molar-refractivity contribution is 7.91. The van der Waals surface area contributed by atoms with Crippen LogP contribution in [0.3, 0.4) is 0 Å². The summed E-state index contributed by atoms with van der Waals surface area (Å²) in [5.41, 5.74) is 1.14. The summed E-state index contributed by atoms with van der Waals surface area (Å²) < 4.78 is 39.8. The van der Waals surface area contributed by atoms with E-state index in [4.69, 9.17) is 0 Å². The van der Waals surface area contributed by atoms with Gasteiger partial charge in [-0.2, -0.15) is 0 Å². The van der Waals surface area contributed by atoms with Crippen molar-refractivity contribution in [2.24, 2.45) is 0 Å². The van der Waals surface area contributed by atoms with Crippen molar-refractivity contribution in [2.45, 2.75) is 42.4 Å². The molecule has 3 rings (SSSR count). The Kier molecular flexibility index (Phi) is 7.67. The predicted octanol–water partition coefficient (Wildman–Crippen LogP) is 3.93. The Bertz CT molecular complexity index is 1010. The van der Waals surface area contributed by atoms with Crippen LogP contribution in [0.25, 0.3) is 0 Å². The molecule has 1 aliphatic rings. The van der Waals surface area contributed by atoms with Crippen LogP contribution in [-0.2, 0) is 14.6 Å². The third-order valence-corrected chi connectivity index (χ3v) is 7.32. The monoisotopic (exact) mass is 447 g/mol. The summed E-state index contributed by atoms with van der Waals surface area (Å²) in [5.74, 6) is -0.723. The summed E-state index contributed by atoms with van der Waals surface area (Å²) in [6.07, 6.45) is 2.93. The molecular formula is C23H30FN3O3S. The molecule has 1 amide bonds. The molecule has 2 aromatic rings. The fourth-order valence-electron chi connectivity index (χ4n) is 3.64. The van der Waals surface area contributed by atoms with Gasteiger partial charge in [0, 0.05) is 31.7 Å². The lowest BCUT2D eigenvalue weighted by Gasteiger charge is -2.24. The van der Waals surface area contributed by atoms with Gasteiger partial charge in [0.25, 0.3) is 0 Å². The van der Waals surface area contributed by atoms with Gasteiger partial charge in [-0.25, -0.2) is 12.8 Å². The SMILES string of the molecule is CCCCC(=O)Nc1cc(N2CCCN(C)CC2)ccc1S(=O)(=O)c1ccc(F)cc1. The van der Waals surface area contributed by atoms with Crippen molar-refractivity contribution >= 4 is 27.1 Å². The number of nitrogens with one attached hydrogen (secondary N) is 1. The Morgan fingerprint density at radius 1 is 1.06 bits per heavy atom. The van der Waals surface area contributed by atoms with Gasteiger partial charge in [0.15, 0.2) is 0 Å². The van der Waals surface area contributed by atoms with Crippen LogP contribution in [0.15, 0.2) is 52.3 Å². The first-order valence-electron chi connectivity index (χ1n) is 10.7. The molecule has 8 heteroatoms. The van der Waals surface area contributed by atoms with Gasteiger partial charge in [-0.1, -0.05) is 13.3 Å². The van der Waals surface area contributed by atoms with E-state index in [9.17, 15) is 17.6 Å². The first-order chi connectivity index (χ1) is 14.8. The highest BCUT2D eigenvalue weighted by Crippen LogP contribution is 2.32. The number of rotatable bonds is 7. The summed E-state index contributed by atoms with van der Waals surface area (Å²) >= 11 is 0. The Hall–Kier alpha value is -2.45. The van der Waals surface area contributed by atoms with Gasteiger partial charge in [-0.05, 0) is 68.9 Å². The van der Waals surface area contributed by atoms with Crippen molar-refractivity contribution < 1.29 is 17.6 Å². The molecular weight excluding hydrogens is 417 g/mol. The van der Waals surface area contributed by atoms with E-state index in [2.05, 4.69) is 22.2 Å². The van der Waals surface area contributed by atoms with Crippen LogP contribution >= 0.6 is 0 Å². The quantitative estimate of drug-likeness (QED) is 0.652. The van der Waals surface area contributed by atoms with E-state index in [0.717, 1.165) is 63.3 Å². The van der Waals surface area contributed by atoms with E-state index in [0.29, 0.717) is 6.42 Å². The third-order valence-electron chi connectivity index (χ3n) is 5.49. The molecule has 31 heavy (non-hydrogen) atoms. The van der Waals surface area contributed by atoms with Crippen molar-refractivity contribution in [1.82, 2.24) is 4.90 Å². The van der Waals surface area contributed by atoms with Crippen molar-refractivity contribution in [1.29, 1.82) is 0 Å². The summed E-state index contributed by atoms with van der Waals surface area (Å²) in [6, 6.07) is 9.79. The molecule has 2 aromatic carbocycles. The number of likely N-dealkylation sites (N-methyl/N-ethyl adjacent to an activating group) is 1. The number of carbonyl (C=O) groups excluding carboxylic acids is 1. The standard InChI is InChI=1S/C23H30FN3O3S/c1-3-4-6-23(28)25-21-17-19(27-14-5-13-26(2)15-16-27)9-12-22(21)31(29,30)20-10-7-18(24)8-11-20/h7-12,17H,3-6,13-16H2,1-2H3,(H,25,28). The molecule has 0 spiro atoms. The minimum Gasteiger partial charge on any atom is -0.370 e. The Morgan fingerprint density at radius 2 is 1.81 bits per heavy atom. The van der Waals surface area contributed by atoms with E-state index in [-0.39, 0.29) is 21.4 Å². The highest BCUT2D eigenvalue weighted by Gasteiger charge is 2.24. The van der Waals surface area contributed by atoms with Crippen LogP contribution in [0.4, 0.5) is 15.8 Å². The molecule has 0 aromatic heterocycles. The summed E-state index contributed by atoms with van der Waals surface area (Å²) in [5, 5.41) is 2.81. The van der Waals surface area contributed by atoms with Gasteiger partial charge in [-0.15, -0.1) is 0 Å². The molecule has 0 unspecified atom stereocenters. The minimum atomic E-state index is -3.92.